The summed E-state index contributed by atoms with van der Waals surface area (Å²) in [6.45, 7) is 1.89. The average Bonchev–Trinajstić information content (AvgIpc) is 2.46. The predicted molar refractivity (Wildman–Crippen MR) is 76.2 cm³/mol. The molecular formula is C15H23N3O. The lowest BCUT2D eigenvalue weighted by Gasteiger charge is -2.34. The Hall–Kier alpha value is -1.42. The van der Waals surface area contributed by atoms with E-state index in [0.717, 1.165) is 36.9 Å². The third-order valence-corrected chi connectivity index (χ3v) is 4.21. The fourth-order valence-corrected chi connectivity index (χ4v) is 2.82. The van der Waals surface area contributed by atoms with Gasteiger partial charge in [0.15, 0.2) is 0 Å². The number of nitrogens with zero attached hydrogens (tertiary/aromatic N) is 2. The smallest absolute Gasteiger partial charge is 0.255 e. The van der Waals surface area contributed by atoms with E-state index in [1.807, 2.05) is 38.1 Å². The molecular weight excluding hydrogens is 238 g/mol. The topological polar surface area (TPSA) is 45.2 Å². The van der Waals surface area contributed by atoms with Crippen molar-refractivity contribution in [1.29, 1.82) is 0 Å². The van der Waals surface area contributed by atoms with Crippen LogP contribution in [0, 0.1) is 6.92 Å². The molecule has 1 aromatic heterocycles. The molecule has 0 atom stereocenters. The van der Waals surface area contributed by atoms with Gasteiger partial charge in [-0.1, -0.05) is 0 Å². The highest BCUT2D eigenvalue weighted by Gasteiger charge is 2.27. The maximum Gasteiger partial charge on any atom is 0.255 e. The van der Waals surface area contributed by atoms with Crippen LogP contribution < -0.4 is 5.32 Å². The van der Waals surface area contributed by atoms with Gasteiger partial charge in [-0.05, 0) is 51.8 Å². The van der Waals surface area contributed by atoms with Gasteiger partial charge >= 0.3 is 0 Å². The van der Waals surface area contributed by atoms with Crippen molar-refractivity contribution >= 4 is 5.91 Å². The molecule has 0 spiro atoms. The summed E-state index contributed by atoms with van der Waals surface area (Å²) in [6.07, 6.45) is 6.17. The van der Waals surface area contributed by atoms with Crippen LogP contribution in [0.5, 0.6) is 0 Å². The first-order valence-electron chi connectivity index (χ1n) is 6.99. The molecule has 4 nitrogen and oxygen atoms in total. The lowest BCUT2D eigenvalue weighted by atomic mass is 9.90. The van der Waals surface area contributed by atoms with Gasteiger partial charge in [-0.2, -0.15) is 0 Å². The average molecular weight is 261 g/mol. The van der Waals surface area contributed by atoms with E-state index in [-0.39, 0.29) is 5.91 Å². The van der Waals surface area contributed by atoms with Crippen molar-refractivity contribution in [3.8, 4) is 0 Å². The number of hydrogen-bond acceptors (Lipinski definition) is 3. The number of amides is 1. The first-order chi connectivity index (χ1) is 9.13. The van der Waals surface area contributed by atoms with Crippen LogP contribution in [0.15, 0.2) is 18.3 Å². The van der Waals surface area contributed by atoms with Crippen LogP contribution in [0.1, 0.15) is 41.7 Å². The van der Waals surface area contributed by atoms with E-state index in [9.17, 15) is 4.79 Å². The summed E-state index contributed by atoms with van der Waals surface area (Å²) in [6, 6.07) is 4.66. The van der Waals surface area contributed by atoms with Gasteiger partial charge in [0.25, 0.3) is 5.91 Å². The summed E-state index contributed by atoms with van der Waals surface area (Å²) < 4.78 is 0. The molecule has 1 heterocycles. The fourth-order valence-electron chi connectivity index (χ4n) is 2.82. The molecule has 0 aromatic carbocycles. The SMILES string of the molecule is CNC1CCC(N(C)C(=O)c2cccnc2C)CC1. The summed E-state index contributed by atoms with van der Waals surface area (Å²) in [5, 5.41) is 3.32. The van der Waals surface area contributed by atoms with Crippen LogP contribution in [0.4, 0.5) is 0 Å². The third kappa shape index (κ3) is 3.13. The Kier molecular flexibility index (Phi) is 4.53. The van der Waals surface area contributed by atoms with Crippen molar-refractivity contribution in [2.75, 3.05) is 14.1 Å². The number of hydrogen-bond donors (Lipinski definition) is 1. The Morgan fingerprint density at radius 1 is 1.37 bits per heavy atom. The summed E-state index contributed by atoms with van der Waals surface area (Å²) in [5.74, 6) is 0.0958. The normalized spacial score (nSPS) is 23.1. The minimum absolute atomic E-state index is 0.0958. The monoisotopic (exact) mass is 261 g/mol. The zero-order valence-corrected chi connectivity index (χ0v) is 12.0. The van der Waals surface area contributed by atoms with Gasteiger partial charge in [0.05, 0.1) is 5.56 Å². The first-order valence-corrected chi connectivity index (χ1v) is 6.99. The molecule has 19 heavy (non-hydrogen) atoms. The number of nitrogens with one attached hydrogen (secondary N) is 1. The van der Waals surface area contributed by atoms with E-state index in [2.05, 4.69) is 10.3 Å². The summed E-state index contributed by atoms with van der Waals surface area (Å²) in [4.78, 5) is 18.6. The Labute approximate surface area is 115 Å². The molecule has 104 valence electrons. The molecule has 0 aliphatic heterocycles. The van der Waals surface area contributed by atoms with E-state index in [4.69, 9.17) is 0 Å². The second-order valence-corrected chi connectivity index (χ2v) is 5.35. The highest BCUT2D eigenvalue weighted by Crippen LogP contribution is 2.23. The van der Waals surface area contributed by atoms with Crippen molar-refractivity contribution in [1.82, 2.24) is 15.2 Å². The molecule has 1 aromatic rings. The van der Waals surface area contributed by atoms with Gasteiger partial charge in [0.2, 0.25) is 0 Å². The van der Waals surface area contributed by atoms with Crippen molar-refractivity contribution in [3.05, 3.63) is 29.6 Å². The van der Waals surface area contributed by atoms with Crippen molar-refractivity contribution in [3.63, 3.8) is 0 Å². The van der Waals surface area contributed by atoms with Crippen molar-refractivity contribution < 1.29 is 4.79 Å². The lowest BCUT2D eigenvalue weighted by Crippen LogP contribution is -2.42. The number of rotatable bonds is 3. The second-order valence-electron chi connectivity index (χ2n) is 5.35. The zero-order valence-electron chi connectivity index (χ0n) is 12.0. The molecule has 2 rings (SSSR count). The number of carbonyl (C=O) groups excluding carboxylic acids is 1. The number of aryl methyl sites for hydroxylation is 1. The summed E-state index contributed by atoms with van der Waals surface area (Å²) >= 11 is 0. The lowest BCUT2D eigenvalue weighted by molar-refractivity contribution is 0.0684. The van der Waals surface area contributed by atoms with Crippen LogP contribution in [0.25, 0.3) is 0 Å². The van der Waals surface area contributed by atoms with Crippen LogP contribution in [0.3, 0.4) is 0 Å². The molecule has 1 amide bonds. The Morgan fingerprint density at radius 2 is 2.05 bits per heavy atom. The fraction of sp³-hybridized carbons (Fsp3) is 0.600. The highest BCUT2D eigenvalue weighted by molar-refractivity contribution is 5.95. The standard InChI is InChI=1S/C15H23N3O/c1-11-14(5-4-10-17-11)15(19)18(3)13-8-6-12(16-2)7-9-13/h4-5,10,12-13,16H,6-9H2,1-3H3. The van der Waals surface area contributed by atoms with E-state index >= 15 is 0 Å². The van der Waals surface area contributed by atoms with Crippen LogP contribution in [-0.4, -0.2) is 42.0 Å². The molecule has 0 radical (unpaired) electrons. The van der Waals surface area contributed by atoms with Gasteiger partial charge in [-0.3, -0.25) is 9.78 Å². The minimum Gasteiger partial charge on any atom is -0.339 e. The number of aromatic nitrogens is 1. The van der Waals surface area contributed by atoms with E-state index < -0.39 is 0 Å². The number of pyridine rings is 1. The molecule has 0 unspecified atom stereocenters. The molecule has 1 aliphatic carbocycles. The quantitative estimate of drug-likeness (QED) is 0.905. The van der Waals surface area contributed by atoms with Crippen LogP contribution >= 0.6 is 0 Å². The Balaban J connectivity index is 2.02. The molecule has 1 N–H and O–H groups in total. The van der Waals surface area contributed by atoms with Gasteiger partial charge in [0.1, 0.15) is 0 Å². The summed E-state index contributed by atoms with van der Waals surface area (Å²) in [5.41, 5.74) is 1.53. The van der Waals surface area contributed by atoms with Gasteiger partial charge < -0.3 is 10.2 Å². The molecule has 0 bridgehead atoms. The molecule has 0 saturated heterocycles. The Morgan fingerprint density at radius 3 is 2.63 bits per heavy atom. The maximum absolute atomic E-state index is 12.5. The molecule has 4 heteroatoms. The number of carbonyl (C=O) groups is 1. The summed E-state index contributed by atoms with van der Waals surface area (Å²) in [7, 11) is 3.93. The highest BCUT2D eigenvalue weighted by atomic mass is 16.2. The van der Waals surface area contributed by atoms with Crippen LogP contribution in [0.2, 0.25) is 0 Å². The largest absolute Gasteiger partial charge is 0.339 e. The zero-order chi connectivity index (χ0) is 13.8. The van der Waals surface area contributed by atoms with Crippen molar-refractivity contribution in [2.45, 2.75) is 44.7 Å². The predicted octanol–water partition coefficient (Wildman–Crippen LogP) is 1.99. The van der Waals surface area contributed by atoms with E-state index in [1.165, 1.54) is 0 Å². The Bertz CT molecular complexity index is 439. The second kappa shape index (κ2) is 6.15. The maximum atomic E-state index is 12.5. The van der Waals surface area contributed by atoms with Gasteiger partial charge in [-0.25, -0.2) is 0 Å². The first kappa shape index (κ1) is 14.0. The van der Waals surface area contributed by atoms with Crippen LogP contribution in [-0.2, 0) is 0 Å². The van der Waals surface area contributed by atoms with Crippen molar-refractivity contribution in [2.24, 2.45) is 0 Å². The van der Waals surface area contributed by atoms with E-state index in [1.54, 1.807) is 6.20 Å². The van der Waals surface area contributed by atoms with E-state index in [0.29, 0.717) is 12.1 Å². The third-order valence-electron chi connectivity index (χ3n) is 4.21. The van der Waals surface area contributed by atoms with Gasteiger partial charge in [0, 0.05) is 31.0 Å². The van der Waals surface area contributed by atoms with Gasteiger partial charge in [-0.15, -0.1) is 0 Å². The molecule has 1 aliphatic rings. The molecule has 1 saturated carbocycles. The minimum atomic E-state index is 0.0958. The molecule has 1 fully saturated rings.